The molecule has 0 amide bonds. The van der Waals surface area contributed by atoms with E-state index in [1.807, 2.05) is 0 Å². The molecule has 1 aromatic carbocycles. The van der Waals surface area contributed by atoms with Gasteiger partial charge in [0.25, 0.3) is 0 Å². The Balaban J connectivity index is 1.73. The van der Waals surface area contributed by atoms with E-state index in [4.69, 9.17) is 0 Å². The molecule has 2 rings (SSSR count). The Hall–Kier alpha value is -0.860. The third-order valence-electron chi connectivity index (χ3n) is 4.33. The van der Waals surface area contributed by atoms with E-state index in [0.29, 0.717) is 6.04 Å². The van der Waals surface area contributed by atoms with Crippen molar-refractivity contribution >= 4 is 0 Å². The van der Waals surface area contributed by atoms with Crippen LogP contribution in [0.25, 0.3) is 0 Å². The molecule has 1 aliphatic rings. The molecule has 106 valence electrons. The summed E-state index contributed by atoms with van der Waals surface area (Å²) in [5.41, 5.74) is 1.42. The second-order valence-corrected chi connectivity index (χ2v) is 5.88. The van der Waals surface area contributed by atoms with Gasteiger partial charge in [0.1, 0.15) is 0 Å². The van der Waals surface area contributed by atoms with Crippen LogP contribution in [0, 0.1) is 5.92 Å². The zero-order chi connectivity index (χ0) is 13.5. The van der Waals surface area contributed by atoms with Crippen molar-refractivity contribution in [3.63, 3.8) is 0 Å². The smallest absolute Gasteiger partial charge is 0.0540 e. The molecule has 2 N–H and O–H groups in total. The summed E-state index contributed by atoms with van der Waals surface area (Å²) < 4.78 is 0. The van der Waals surface area contributed by atoms with E-state index in [9.17, 15) is 5.11 Å². The Morgan fingerprint density at radius 1 is 1.16 bits per heavy atom. The van der Waals surface area contributed by atoms with Crippen LogP contribution in [-0.4, -0.2) is 23.8 Å². The van der Waals surface area contributed by atoms with Gasteiger partial charge in [0.05, 0.1) is 6.10 Å². The molecule has 0 heterocycles. The van der Waals surface area contributed by atoms with Gasteiger partial charge in [0.2, 0.25) is 0 Å². The van der Waals surface area contributed by atoms with Crippen molar-refractivity contribution in [2.75, 3.05) is 6.54 Å². The summed E-state index contributed by atoms with van der Waals surface area (Å²) in [7, 11) is 0. The molecule has 19 heavy (non-hydrogen) atoms. The van der Waals surface area contributed by atoms with Crippen LogP contribution < -0.4 is 5.32 Å². The Morgan fingerprint density at radius 3 is 2.47 bits per heavy atom. The quantitative estimate of drug-likeness (QED) is 0.824. The number of aliphatic hydroxyl groups is 1. The minimum Gasteiger partial charge on any atom is -0.393 e. The maximum atomic E-state index is 9.52. The topological polar surface area (TPSA) is 32.3 Å². The summed E-state index contributed by atoms with van der Waals surface area (Å²) >= 11 is 0. The molecule has 2 heteroatoms. The van der Waals surface area contributed by atoms with Crippen LogP contribution in [0.2, 0.25) is 0 Å². The minimum atomic E-state index is -0.0393. The predicted molar refractivity (Wildman–Crippen MR) is 80.2 cm³/mol. The lowest BCUT2D eigenvalue weighted by Gasteiger charge is -2.27. The van der Waals surface area contributed by atoms with Crippen molar-refractivity contribution < 1.29 is 5.11 Å². The molecule has 1 atom stereocenters. The summed E-state index contributed by atoms with van der Waals surface area (Å²) in [4.78, 5) is 0. The highest BCUT2D eigenvalue weighted by atomic mass is 16.3. The molecule has 1 aromatic rings. The van der Waals surface area contributed by atoms with Gasteiger partial charge in [0.15, 0.2) is 0 Å². The molecule has 0 radical (unpaired) electrons. The molecule has 1 saturated carbocycles. The Labute approximate surface area is 117 Å². The second kappa shape index (κ2) is 7.66. The zero-order valence-electron chi connectivity index (χ0n) is 12.0. The van der Waals surface area contributed by atoms with E-state index in [1.54, 1.807) is 0 Å². The second-order valence-electron chi connectivity index (χ2n) is 5.88. The molecule has 2 nitrogen and oxygen atoms in total. The van der Waals surface area contributed by atoms with Crippen molar-refractivity contribution in [3.05, 3.63) is 35.9 Å². The van der Waals surface area contributed by atoms with Crippen LogP contribution in [-0.2, 0) is 6.42 Å². The number of benzene rings is 1. The molecule has 0 bridgehead atoms. The van der Waals surface area contributed by atoms with Gasteiger partial charge in [-0.3, -0.25) is 0 Å². The van der Waals surface area contributed by atoms with Crippen molar-refractivity contribution in [2.45, 2.75) is 57.6 Å². The molecule has 0 saturated heterocycles. The average Bonchev–Trinajstić information content (AvgIpc) is 2.46. The third kappa shape index (κ3) is 4.96. The fraction of sp³-hybridized carbons (Fsp3) is 0.647. The highest BCUT2D eigenvalue weighted by Crippen LogP contribution is 2.23. The number of rotatable bonds is 6. The highest BCUT2D eigenvalue weighted by Gasteiger charge is 2.19. The average molecular weight is 261 g/mol. The van der Waals surface area contributed by atoms with Gasteiger partial charge in [-0.2, -0.15) is 0 Å². The monoisotopic (exact) mass is 261 g/mol. The molecule has 0 spiro atoms. The van der Waals surface area contributed by atoms with Crippen LogP contribution in [0.15, 0.2) is 30.3 Å². The van der Waals surface area contributed by atoms with Crippen molar-refractivity contribution in [1.29, 1.82) is 0 Å². The van der Waals surface area contributed by atoms with Gasteiger partial charge in [-0.15, -0.1) is 0 Å². The summed E-state index contributed by atoms with van der Waals surface area (Å²) in [5.74, 6) is 0.758. The first kappa shape index (κ1) is 14.5. The van der Waals surface area contributed by atoms with Crippen LogP contribution >= 0.6 is 0 Å². The van der Waals surface area contributed by atoms with Crippen LogP contribution in [0.3, 0.4) is 0 Å². The summed E-state index contributed by atoms with van der Waals surface area (Å²) in [6.07, 6.45) is 6.58. The normalized spacial score (nSPS) is 25.2. The number of hydrogen-bond acceptors (Lipinski definition) is 2. The van der Waals surface area contributed by atoms with E-state index >= 15 is 0 Å². The molecule has 0 aromatic heterocycles. The van der Waals surface area contributed by atoms with E-state index < -0.39 is 0 Å². The lowest BCUT2D eigenvalue weighted by Crippen LogP contribution is -2.36. The summed E-state index contributed by atoms with van der Waals surface area (Å²) in [5, 5.41) is 13.2. The highest BCUT2D eigenvalue weighted by molar-refractivity contribution is 5.15. The van der Waals surface area contributed by atoms with Crippen LogP contribution in [0.4, 0.5) is 0 Å². The molecule has 1 aliphatic carbocycles. The van der Waals surface area contributed by atoms with Crippen molar-refractivity contribution in [2.24, 2.45) is 5.92 Å². The molecule has 1 fully saturated rings. The lowest BCUT2D eigenvalue weighted by molar-refractivity contribution is 0.107. The van der Waals surface area contributed by atoms with E-state index in [1.165, 1.54) is 24.8 Å². The Morgan fingerprint density at radius 2 is 1.84 bits per heavy atom. The largest absolute Gasteiger partial charge is 0.393 e. The SMILES string of the molecule is CCC(Cc1ccccc1)NCC1CCC(O)CC1. The molecular formula is C17H27NO. The predicted octanol–water partition coefficient (Wildman–Crippen LogP) is 3.15. The van der Waals surface area contributed by atoms with Gasteiger partial charge in [-0.05, 0) is 56.6 Å². The van der Waals surface area contributed by atoms with E-state index in [-0.39, 0.29) is 6.10 Å². The summed E-state index contributed by atoms with van der Waals surface area (Å²) in [6.45, 7) is 3.36. The lowest BCUT2D eigenvalue weighted by atomic mass is 9.87. The van der Waals surface area contributed by atoms with E-state index in [2.05, 4.69) is 42.6 Å². The maximum Gasteiger partial charge on any atom is 0.0540 e. The first-order chi connectivity index (χ1) is 9.28. The first-order valence-electron chi connectivity index (χ1n) is 7.73. The Kier molecular flexibility index (Phi) is 5.87. The standard InChI is InChI=1S/C17H27NO/c1-2-16(12-14-6-4-3-5-7-14)18-13-15-8-10-17(19)11-9-15/h3-7,15-19H,2,8-13H2,1H3. The molecular weight excluding hydrogens is 234 g/mol. The first-order valence-corrected chi connectivity index (χ1v) is 7.73. The van der Waals surface area contributed by atoms with E-state index in [0.717, 1.165) is 31.7 Å². The minimum absolute atomic E-state index is 0.0393. The number of nitrogens with one attached hydrogen (secondary N) is 1. The van der Waals surface area contributed by atoms with Crippen LogP contribution in [0.5, 0.6) is 0 Å². The summed E-state index contributed by atoms with van der Waals surface area (Å²) in [6, 6.07) is 11.3. The third-order valence-corrected chi connectivity index (χ3v) is 4.33. The maximum absolute atomic E-state index is 9.52. The van der Waals surface area contributed by atoms with Gasteiger partial charge in [-0.25, -0.2) is 0 Å². The van der Waals surface area contributed by atoms with Gasteiger partial charge >= 0.3 is 0 Å². The number of hydrogen-bond donors (Lipinski definition) is 2. The Bertz CT molecular complexity index is 344. The number of aliphatic hydroxyl groups excluding tert-OH is 1. The van der Waals surface area contributed by atoms with Gasteiger partial charge in [0, 0.05) is 6.04 Å². The van der Waals surface area contributed by atoms with Gasteiger partial charge < -0.3 is 10.4 Å². The van der Waals surface area contributed by atoms with Gasteiger partial charge in [-0.1, -0.05) is 37.3 Å². The van der Waals surface area contributed by atoms with Crippen molar-refractivity contribution in [1.82, 2.24) is 5.32 Å². The molecule has 1 unspecified atom stereocenters. The fourth-order valence-electron chi connectivity index (χ4n) is 2.94. The van der Waals surface area contributed by atoms with Crippen molar-refractivity contribution in [3.8, 4) is 0 Å². The fourth-order valence-corrected chi connectivity index (χ4v) is 2.94. The molecule has 0 aliphatic heterocycles. The van der Waals surface area contributed by atoms with Crippen LogP contribution in [0.1, 0.15) is 44.6 Å². The zero-order valence-corrected chi connectivity index (χ0v) is 12.0.